The third-order valence-electron chi connectivity index (χ3n) is 12.3. The Kier molecular flexibility index (Phi) is 51.8. The van der Waals surface area contributed by atoms with E-state index >= 15 is 0 Å². The molecule has 65 heavy (non-hydrogen) atoms. The zero-order valence-electron chi connectivity index (χ0n) is 43.3. The number of esters is 3. The van der Waals surface area contributed by atoms with Crippen molar-refractivity contribution in [3.8, 4) is 0 Å². The van der Waals surface area contributed by atoms with Crippen molar-refractivity contribution < 1.29 is 28.6 Å². The summed E-state index contributed by atoms with van der Waals surface area (Å²) in [6.07, 6.45) is 65.3. The molecular weight excluding hydrogens is 805 g/mol. The Morgan fingerprint density at radius 1 is 0.308 bits per heavy atom. The Hall–Kier alpha value is -2.63. The van der Waals surface area contributed by atoms with Gasteiger partial charge in [-0.05, 0) is 64.2 Å². The van der Waals surface area contributed by atoms with E-state index < -0.39 is 6.10 Å². The maximum Gasteiger partial charge on any atom is 0.306 e. The number of rotatable bonds is 51. The molecule has 0 aliphatic heterocycles. The summed E-state index contributed by atoms with van der Waals surface area (Å²) in [7, 11) is 0. The van der Waals surface area contributed by atoms with Crippen LogP contribution in [-0.2, 0) is 28.6 Å². The van der Waals surface area contributed by atoms with E-state index in [9.17, 15) is 14.4 Å². The first-order valence-corrected chi connectivity index (χ1v) is 28.1. The summed E-state index contributed by atoms with van der Waals surface area (Å²) >= 11 is 0. The summed E-state index contributed by atoms with van der Waals surface area (Å²) in [6, 6.07) is 0. The summed E-state index contributed by atoms with van der Waals surface area (Å²) in [6.45, 7) is 6.61. The Bertz CT molecular complexity index is 1140. The second kappa shape index (κ2) is 54.0. The molecule has 0 saturated heterocycles. The van der Waals surface area contributed by atoms with Crippen molar-refractivity contribution >= 4 is 17.9 Å². The lowest BCUT2D eigenvalue weighted by molar-refractivity contribution is -0.167. The maximum absolute atomic E-state index is 12.8. The van der Waals surface area contributed by atoms with Crippen molar-refractivity contribution in [2.45, 2.75) is 297 Å². The minimum atomic E-state index is -0.785. The van der Waals surface area contributed by atoms with Gasteiger partial charge >= 0.3 is 17.9 Å². The number of ether oxygens (including phenoxy) is 3. The van der Waals surface area contributed by atoms with Gasteiger partial charge in [-0.15, -0.1) is 0 Å². The zero-order chi connectivity index (χ0) is 47.2. The molecule has 0 heterocycles. The van der Waals surface area contributed by atoms with Gasteiger partial charge in [0.25, 0.3) is 0 Å². The number of unbranched alkanes of at least 4 members (excludes halogenated alkanes) is 32. The Morgan fingerprint density at radius 2 is 0.554 bits per heavy atom. The summed E-state index contributed by atoms with van der Waals surface area (Å²) < 4.78 is 16.8. The molecule has 6 nitrogen and oxygen atoms in total. The van der Waals surface area contributed by atoms with E-state index in [0.29, 0.717) is 19.3 Å². The van der Waals surface area contributed by atoms with Crippen molar-refractivity contribution in [1.29, 1.82) is 0 Å². The standard InChI is InChI=1S/C59H106O6/c1-4-7-10-13-16-19-22-24-26-28-29-31-33-35-38-41-44-47-50-53-59(62)65-56(54-63-57(60)51-48-45-42-39-36-21-18-15-12-9-6-3)55-64-58(61)52-49-46-43-40-37-34-32-30-27-25-23-20-17-14-11-8-5-2/h16,19,24,26,29,31,35,38,56H,4-15,17-18,20-23,25,27-28,30,32-34,36-37,39-55H2,1-3H3/b19-16-,26-24-,31-29-,38-35-/t56-/m0/s1. The highest BCUT2D eigenvalue weighted by Gasteiger charge is 2.19. The van der Waals surface area contributed by atoms with Gasteiger partial charge in [0.15, 0.2) is 6.10 Å². The topological polar surface area (TPSA) is 78.9 Å². The Balaban J connectivity index is 4.38. The minimum Gasteiger partial charge on any atom is -0.462 e. The van der Waals surface area contributed by atoms with Crippen molar-refractivity contribution in [1.82, 2.24) is 0 Å². The summed E-state index contributed by atoms with van der Waals surface area (Å²) in [5.74, 6) is -0.900. The normalized spacial score (nSPS) is 12.4. The molecule has 0 fully saturated rings. The lowest BCUT2D eigenvalue weighted by atomic mass is 10.0. The van der Waals surface area contributed by atoms with Crippen LogP contribution in [0.25, 0.3) is 0 Å². The van der Waals surface area contributed by atoms with Gasteiger partial charge in [-0.2, -0.15) is 0 Å². The third-order valence-corrected chi connectivity index (χ3v) is 12.3. The lowest BCUT2D eigenvalue weighted by Gasteiger charge is -2.18. The smallest absolute Gasteiger partial charge is 0.306 e. The molecule has 0 aromatic rings. The van der Waals surface area contributed by atoms with Crippen LogP contribution in [0.2, 0.25) is 0 Å². The first-order valence-electron chi connectivity index (χ1n) is 28.1. The van der Waals surface area contributed by atoms with Gasteiger partial charge < -0.3 is 14.2 Å². The van der Waals surface area contributed by atoms with Gasteiger partial charge in [0.2, 0.25) is 0 Å². The van der Waals surface area contributed by atoms with Crippen LogP contribution in [0.3, 0.4) is 0 Å². The van der Waals surface area contributed by atoms with Crippen molar-refractivity contribution in [2.75, 3.05) is 13.2 Å². The zero-order valence-corrected chi connectivity index (χ0v) is 43.3. The molecule has 1 atom stereocenters. The van der Waals surface area contributed by atoms with Crippen molar-refractivity contribution in [2.24, 2.45) is 0 Å². The molecule has 0 aromatic heterocycles. The Labute approximate surface area is 403 Å². The van der Waals surface area contributed by atoms with Crippen LogP contribution in [0.4, 0.5) is 0 Å². The molecule has 0 rings (SSSR count). The van der Waals surface area contributed by atoms with Gasteiger partial charge in [0.05, 0.1) is 0 Å². The van der Waals surface area contributed by atoms with E-state index in [-0.39, 0.29) is 31.1 Å². The van der Waals surface area contributed by atoms with Gasteiger partial charge in [-0.1, -0.05) is 256 Å². The predicted molar refractivity (Wildman–Crippen MR) is 279 cm³/mol. The molecule has 0 unspecified atom stereocenters. The Morgan fingerprint density at radius 3 is 0.892 bits per heavy atom. The second-order valence-corrected chi connectivity index (χ2v) is 18.9. The molecule has 6 heteroatoms. The molecule has 0 spiro atoms. The summed E-state index contributed by atoms with van der Waals surface area (Å²) in [5.41, 5.74) is 0. The van der Waals surface area contributed by atoms with Gasteiger partial charge in [-0.25, -0.2) is 0 Å². The molecule has 0 aliphatic rings. The second-order valence-electron chi connectivity index (χ2n) is 18.9. The molecule has 0 saturated carbocycles. The number of hydrogen-bond donors (Lipinski definition) is 0. The number of hydrogen-bond acceptors (Lipinski definition) is 6. The highest BCUT2D eigenvalue weighted by Crippen LogP contribution is 2.16. The van der Waals surface area contributed by atoms with Crippen LogP contribution in [0.5, 0.6) is 0 Å². The highest BCUT2D eigenvalue weighted by atomic mass is 16.6. The SMILES string of the molecule is CCCCC/C=C\C/C=C\C/C=C\C/C=C\CCCCCC(=O)O[C@@H](COC(=O)CCCCCCCCCCCCC)COC(=O)CCCCCCCCCCCCCCCCCCC. The average molecular weight is 911 g/mol. The molecule has 0 aromatic carbocycles. The summed E-state index contributed by atoms with van der Waals surface area (Å²) in [5, 5.41) is 0. The monoisotopic (exact) mass is 911 g/mol. The molecule has 0 amide bonds. The van der Waals surface area contributed by atoms with E-state index in [1.165, 1.54) is 167 Å². The first kappa shape index (κ1) is 62.4. The largest absolute Gasteiger partial charge is 0.462 e. The number of allylic oxidation sites excluding steroid dienone is 8. The van der Waals surface area contributed by atoms with Crippen molar-refractivity contribution in [3.05, 3.63) is 48.6 Å². The van der Waals surface area contributed by atoms with Crippen LogP contribution >= 0.6 is 0 Å². The molecule has 0 radical (unpaired) electrons. The third kappa shape index (κ3) is 52.2. The fourth-order valence-electron chi connectivity index (χ4n) is 8.07. The highest BCUT2D eigenvalue weighted by molar-refractivity contribution is 5.71. The minimum absolute atomic E-state index is 0.0820. The lowest BCUT2D eigenvalue weighted by Crippen LogP contribution is -2.30. The molecular formula is C59H106O6. The fraction of sp³-hybridized carbons (Fsp3) is 0.814. The van der Waals surface area contributed by atoms with Crippen LogP contribution in [0.1, 0.15) is 290 Å². The van der Waals surface area contributed by atoms with Gasteiger partial charge in [0.1, 0.15) is 13.2 Å². The fourth-order valence-corrected chi connectivity index (χ4v) is 8.07. The quantitative estimate of drug-likeness (QED) is 0.0262. The van der Waals surface area contributed by atoms with Gasteiger partial charge in [0, 0.05) is 19.3 Å². The first-order chi connectivity index (χ1) is 32.0. The maximum atomic E-state index is 12.8. The summed E-state index contributed by atoms with van der Waals surface area (Å²) in [4.78, 5) is 38.1. The average Bonchev–Trinajstić information content (AvgIpc) is 3.30. The molecule has 378 valence electrons. The predicted octanol–water partition coefficient (Wildman–Crippen LogP) is 18.7. The van der Waals surface area contributed by atoms with E-state index in [2.05, 4.69) is 69.4 Å². The van der Waals surface area contributed by atoms with E-state index in [4.69, 9.17) is 14.2 Å². The van der Waals surface area contributed by atoms with E-state index in [1.54, 1.807) is 0 Å². The van der Waals surface area contributed by atoms with Crippen LogP contribution in [0.15, 0.2) is 48.6 Å². The number of carbonyl (C=O) groups is 3. The molecule has 0 bridgehead atoms. The van der Waals surface area contributed by atoms with E-state index in [0.717, 1.165) is 83.5 Å². The van der Waals surface area contributed by atoms with Crippen molar-refractivity contribution in [3.63, 3.8) is 0 Å². The van der Waals surface area contributed by atoms with E-state index in [1.807, 2.05) is 0 Å². The molecule has 0 aliphatic carbocycles. The number of carbonyl (C=O) groups excluding carboxylic acids is 3. The van der Waals surface area contributed by atoms with Crippen LogP contribution in [0, 0.1) is 0 Å². The molecule has 0 N–H and O–H groups in total. The van der Waals surface area contributed by atoms with Crippen LogP contribution in [-0.4, -0.2) is 37.2 Å². The van der Waals surface area contributed by atoms with Gasteiger partial charge in [-0.3, -0.25) is 14.4 Å². The van der Waals surface area contributed by atoms with Crippen LogP contribution < -0.4 is 0 Å².